The number of hydrogen-bond donors (Lipinski definition) is 4. The van der Waals surface area contributed by atoms with E-state index in [0.717, 1.165) is 42.0 Å². The molecular weight excluding hydrogens is 1020 g/mol. The van der Waals surface area contributed by atoms with Crippen molar-refractivity contribution < 1.29 is 33.5 Å². The maximum atomic E-state index is 12.8. The van der Waals surface area contributed by atoms with Gasteiger partial charge in [-0.1, -0.05) is 147 Å². The topological polar surface area (TPSA) is 313 Å². The number of esters is 1. The molecule has 9 atom stereocenters. The molecular formula is C56H83N15O7Si. The minimum Gasteiger partial charge on any atom is -0.466 e. The molecule has 0 bridgehead atoms. The second-order valence-electron chi connectivity index (χ2n) is 21.5. The zero-order chi connectivity index (χ0) is 58.3. The van der Waals surface area contributed by atoms with Crippen LogP contribution in [0, 0.1) is 17.8 Å². The molecule has 23 heteroatoms. The molecule has 3 aromatic carbocycles. The Bertz CT molecular complexity index is 2430. The van der Waals surface area contributed by atoms with E-state index in [9.17, 15) is 28.8 Å². The van der Waals surface area contributed by atoms with Crippen LogP contribution in [0.4, 0.5) is 0 Å². The van der Waals surface area contributed by atoms with E-state index in [2.05, 4.69) is 71.0 Å². The molecule has 1 unspecified atom stereocenters. The van der Waals surface area contributed by atoms with Gasteiger partial charge in [-0.05, 0) is 109 Å². The Kier molecular flexibility index (Phi) is 29.3. The second kappa shape index (κ2) is 35.2. The molecule has 2 fully saturated rings. The van der Waals surface area contributed by atoms with Crippen molar-refractivity contribution in [1.82, 2.24) is 31.1 Å². The van der Waals surface area contributed by atoms with Crippen LogP contribution in [0.3, 0.4) is 0 Å². The van der Waals surface area contributed by atoms with Crippen LogP contribution in [0.25, 0.3) is 31.3 Å². The largest absolute Gasteiger partial charge is 0.466 e. The van der Waals surface area contributed by atoms with E-state index >= 15 is 0 Å². The molecule has 5 amide bonds. The van der Waals surface area contributed by atoms with Crippen molar-refractivity contribution >= 4 is 43.6 Å². The monoisotopic (exact) mass is 1110 g/mol. The Labute approximate surface area is 466 Å². The number of likely N-dealkylation sites (tertiary alicyclic amines) is 2. The number of nitrogens with zero attached hydrogens (tertiary/aromatic N) is 11. The standard InChI is InChI=1S/C22H37N5O3Si.2C17H23N5O2/c1-17(15-20(26-27-23)22(29)30-13-14-31(3,4)5)11-12-25-19(21(28)24-2)16-18-9-7-6-8-10-18;2*1-12-8-9-22(17(24)14(10-12)20-21-18)15(16(23)19-2)11-13-6-4-3-5-7-13/h6-10,17,19-20,25H,11-16H2,1-5H3,(H,24,28);2*3-7,12,14-15H,8-11H2,1-2H3,(H,19,23)/t17?,19-,20-;12-,14+,15+;12-,14-,15-/m010/s1. The number of likely N-dealkylation sites (N-methyl/N-ethyl adjacent to an activating group) is 3. The minimum absolute atomic E-state index is 0.0607. The molecule has 0 saturated carbocycles. The minimum atomic E-state index is -1.30. The van der Waals surface area contributed by atoms with Gasteiger partial charge in [0.1, 0.15) is 30.2 Å². The van der Waals surface area contributed by atoms with E-state index < -0.39 is 44.3 Å². The van der Waals surface area contributed by atoms with Crippen LogP contribution in [-0.2, 0) is 52.8 Å². The van der Waals surface area contributed by atoms with Crippen molar-refractivity contribution in [2.24, 2.45) is 33.1 Å². The van der Waals surface area contributed by atoms with Crippen LogP contribution in [0.1, 0.15) is 76.0 Å². The lowest BCUT2D eigenvalue weighted by atomic mass is 9.98. The molecule has 2 aliphatic heterocycles. The van der Waals surface area contributed by atoms with Gasteiger partial charge in [0.2, 0.25) is 29.5 Å². The number of carbonyl (C=O) groups is 6. The first-order valence-corrected chi connectivity index (χ1v) is 30.9. The normalized spacial score (nSPS) is 19.1. The van der Waals surface area contributed by atoms with Gasteiger partial charge < -0.3 is 35.8 Å². The fraction of sp³-hybridized carbons (Fsp3) is 0.571. The molecule has 5 rings (SSSR count). The van der Waals surface area contributed by atoms with Gasteiger partial charge in [0.15, 0.2) is 0 Å². The van der Waals surface area contributed by atoms with Gasteiger partial charge in [0, 0.05) is 69.9 Å². The third kappa shape index (κ3) is 23.6. The molecule has 428 valence electrons. The number of nitrogens with one attached hydrogen (secondary N) is 4. The molecule has 0 aliphatic carbocycles. The zero-order valence-corrected chi connectivity index (χ0v) is 48.5. The summed E-state index contributed by atoms with van der Waals surface area (Å²) in [5, 5.41) is 22.3. The summed E-state index contributed by atoms with van der Waals surface area (Å²) < 4.78 is 5.35. The zero-order valence-electron chi connectivity index (χ0n) is 47.5. The maximum Gasteiger partial charge on any atom is 0.314 e. The number of hydrogen-bond acceptors (Lipinski definition) is 11. The average molecular weight is 1110 g/mol. The third-order valence-electron chi connectivity index (χ3n) is 13.9. The van der Waals surface area contributed by atoms with E-state index in [-0.39, 0.29) is 53.3 Å². The molecule has 79 heavy (non-hydrogen) atoms. The van der Waals surface area contributed by atoms with Crippen LogP contribution in [0.2, 0.25) is 25.7 Å². The van der Waals surface area contributed by atoms with Gasteiger partial charge in [0.05, 0.1) is 12.6 Å². The predicted molar refractivity (Wildman–Crippen MR) is 309 cm³/mol. The Morgan fingerprint density at radius 1 is 0.658 bits per heavy atom. The number of ether oxygens (including phenoxy) is 1. The van der Waals surface area contributed by atoms with E-state index in [1.807, 2.05) is 112 Å². The lowest BCUT2D eigenvalue weighted by Crippen LogP contribution is -2.52. The Morgan fingerprint density at radius 3 is 1.46 bits per heavy atom. The van der Waals surface area contributed by atoms with Crippen LogP contribution in [0.5, 0.6) is 0 Å². The van der Waals surface area contributed by atoms with Gasteiger partial charge >= 0.3 is 5.97 Å². The molecule has 2 saturated heterocycles. The van der Waals surface area contributed by atoms with E-state index in [1.165, 1.54) is 0 Å². The number of carbonyl (C=O) groups excluding carboxylic acids is 6. The highest BCUT2D eigenvalue weighted by molar-refractivity contribution is 6.76. The highest BCUT2D eigenvalue weighted by atomic mass is 28.3. The van der Waals surface area contributed by atoms with Crippen LogP contribution >= 0.6 is 0 Å². The van der Waals surface area contributed by atoms with Crippen LogP contribution in [0.15, 0.2) is 106 Å². The highest BCUT2D eigenvalue weighted by Crippen LogP contribution is 2.26. The van der Waals surface area contributed by atoms with Crippen molar-refractivity contribution in [3.05, 3.63) is 139 Å². The van der Waals surface area contributed by atoms with E-state index in [0.29, 0.717) is 64.8 Å². The molecule has 2 heterocycles. The van der Waals surface area contributed by atoms with Crippen molar-refractivity contribution in [3.63, 3.8) is 0 Å². The van der Waals surface area contributed by atoms with Gasteiger partial charge in [-0.15, -0.1) is 0 Å². The number of rotatable bonds is 24. The van der Waals surface area contributed by atoms with E-state index in [1.54, 1.807) is 30.9 Å². The predicted octanol–water partition coefficient (Wildman–Crippen LogP) is 8.47. The molecule has 0 spiro atoms. The first kappa shape index (κ1) is 65.9. The van der Waals surface area contributed by atoms with Gasteiger partial charge in [-0.3, -0.25) is 28.8 Å². The second-order valence-corrected chi connectivity index (χ2v) is 27.2. The molecule has 4 N–H and O–H groups in total. The van der Waals surface area contributed by atoms with Crippen molar-refractivity contribution in [3.8, 4) is 0 Å². The summed E-state index contributed by atoms with van der Waals surface area (Å²) in [6, 6.07) is 26.1. The number of amides is 5. The maximum absolute atomic E-state index is 12.8. The summed E-state index contributed by atoms with van der Waals surface area (Å²) in [4.78, 5) is 86.6. The fourth-order valence-corrected chi connectivity index (χ4v) is 9.96. The summed E-state index contributed by atoms with van der Waals surface area (Å²) in [6.45, 7) is 14.7. The first-order valence-electron chi connectivity index (χ1n) is 27.2. The van der Waals surface area contributed by atoms with Crippen molar-refractivity contribution in [2.75, 3.05) is 47.4 Å². The molecule has 2 aliphatic rings. The van der Waals surface area contributed by atoms with Crippen LogP contribution < -0.4 is 21.3 Å². The lowest BCUT2D eigenvalue weighted by Gasteiger charge is -2.31. The van der Waals surface area contributed by atoms with Gasteiger partial charge in [-0.2, -0.15) is 0 Å². The number of benzene rings is 3. The molecule has 0 aromatic heterocycles. The summed E-state index contributed by atoms with van der Waals surface area (Å²) in [6.07, 6.45) is 5.23. The van der Waals surface area contributed by atoms with Gasteiger partial charge in [0.25, 0.3) is 0 Å². The highest BCUT2D eigenvalue weighted by Gasteiger charge is 2.38. The summed E-state index contributed by atoms with van der Waals surface area (Å²) in [5.74, 6) is -0.813. The molecule has 0 radical (unpaired) electrons. The molecule has 3 aromatic rings. The third-order valence-corrected chi connectivity index (χ3v) is 15.7. The van der Waals surface area contributed by atoms with Crippen molar-refractivity contribution in [2.45, 2.75) is 140 Å². The van der Waals surface area contributed by atoms with Crippen LogP contribution in [-0.4, -0.2) is 137 Å². The Morgan fingerprint density at radius 2 is 1.08 bits per heavy atom. The quantitative estimate of drug-likeness (QED) is 0.0221. The molecule has 22 nitrogen and oxygen atoms in total. The number of azide groups is 3. The lowest BCUT2D eigenvalue weighted by molar-refractivity contribution is -0.145. The average Bonchev–Trinajstić information content (AvgIpc) is 3.67. The Hall–Kier alpha value is -7.41. The van der Waals surface area contributed by atoms with E-state index in [4.69, 9.17) is 21.3 Å². The summed E-state index contributed by atoms with van der Waals surface area (Å²) >= 11 is 0. The van der Waals surface area contributed by atoms with Gasteiger partial charge in [-0.25, -0.2) is 0 Å². The summed E-state index contributed by atoms with van der Waals surface area (Å²) in [7, 11) is 3.46. The Balaban J connectivity index is 0.000000315. The fourth-order valence-electron chi connectivity index (χ4n) is 9.25. The summed E-state index contributed by atoms with van der Waals surface area (Å²) in [5.41, 5.74) is 29.4. The first-order chi connectivity index (χ1) is 37.8. The van der Waals surface area contributed by atoms with Crippen molar-refractivity contribution in [1.29, 1.82) is 0 Å². The smallest absolute Gasteiger partial charge is 0.314 e. The SMILES string of the molecule is CNC(=O)[C@H](Cc1ccccc1)N1CC[C@@H](C)C[C@H](N=[N+]=[N-])C1=O.CNC(=O)[C@H](Cc1ccccc1)N1CC[C@H](C)C[C@H](N=[N+]=[N-])C1=O.CNC(=O)[C@H](Cc1ccccc1)NCCC(C)C[C@H](N=[N+]=[N-])C(=O)OCC[Si](C)(C)C.